The SMILES string of the molecule is CCOC(=O)[C@H](Cc1ccc(N2C(=O)c3cccc(C)c3C2=O)cc1)NC(=O)c1c(Cl)ccc(-n2cnnn2)c1Cl. The number of nitrogens with zero attached hydrogens (tertiary/aromatic N) is 5. The number of halogens is 2. The monoisotopic (exact) mass is 592 g/mol. The number of esters is 1. The molecule has 41 heavy (non-hydrogen) atoms. The Bertz CT molecular complexity index is 1670. The first kappa shape index (κ1) is 27.9. The molecule has 1 atom stereocenters. The van der Waals surface area contributed by atoms with Crippen LogP contribution in [0.15, 0.2) is 60.9 Å². The molecule has 2 heterocycles. The van der Waals surface area contributed by atoms with E-state index < -0.39 is 29.7 Å². The molecule has 0 fully saturated rings. The molecule has 4 aromatic rings. The highest BCUT2D eigenvalue weighted by atomic mass is 35.5. The third-order valence-electron chi connectivity index (χ3n) is 6.53. The van der Waals surface area contributed by atoms with Crippen LogP contribution in [0.4, 0.5) is 5.69 Å². The van der Waals surface area contributed by atoms with Gasteiger partial charge >= 0.3 is 5.97 Å². The molecule has 0 saturated heterocycles. The van der Waals surface area contributed by atoms with E-state index in [9.17, 15) is 19.2 Å². The smallest absolute Gasteiger partial charge is 0.328 e. The number of carbonyl (C=O) groups excluding carboxylic acids is 4. The first-order chi connectivity index (χ1) is 19.7. The molecule has 0 unspecified atom stereocenters. The molecule has 1 aliphatic heterocycles. The summed E-state index contributed by atoms with van der Waals surface area (Å²) in [6, 6.07) is 13.6. The Labute approximate surface area is 244 Å². The summed E-state index contributed by atoms with van der Waals surface area (Å²) in [7, 11) is 0. The number of hydrogen-bond acceptors (Lipinski definition) is 8. The van der Waals surface area contributed by atoms with Crippen LogP contribution in [0.25, 0.3) is 5.69 Å². The summed E-state index contributed by atoms with van der Waals surface area (Å²) < 4.78 is 6.46. The van der Waals surface area contributed by atoms with Crippen LogP contribution in [0, 0.1) is 6.92 Å². The van der Waals surface area contributed by atoms with Crippen molar-refractivity contribution in [3.8, 4) is 5.69 Å². The number of hydrogen-bond donors (Lipinski definition) is 1. The topological polar surface area (TPSA) is 136 Å². The predicted molar refractivity (Wildman–Crippen MR) is 150 cm³/mol. The maximum Gasteiger partial charge on any atom is 0.328 e. The van der Waals surface area contributed by atoms with Gasteiger partial charge in [0.15, 0.2) is 0 Å². The Morgan fingerprint density at radius 3 is 2.44 bits per heavy atom. The number of ether oxygens (including phenoxy) is 1. The van der Waals surface area contributed by atoms with Crippen molar-refractivity contribution >= 4 is 52.6 Å². The third-order valence-corrected chi connectivity index (χ3v) is 7.23. The number of tetrazole rings is 1. The van der Waals surface area contributed by atoms with Gasteiger partial charge in [-0.3, -0.25) is 14.4 Å². The van der Waals surface area contributed by atoms with Crippen molar-refractivity contribution in [3.63, 3.8) is 0 Å². The van der Waals surface area contributed by atoms with Crippen LogP contribution < -0.4 is 10.2 Å². The maximum absolute atomic E-state index is 13.3. The molecule has 0 radical (unpaired) electrons. The van der Waals surface area contributed by atoms with Gasteiger partial charge in [-0.2, -0.15) is 4.68 Å². The molecule has 11 nitrogen and oxygen atoms in total. The molecule has 3 amide bonds. The van der Waals surface area contributed by atoms with E-state index in [2.05, 4.69) is 20.8 Å². The second-order valence-electron chi connectivity index (χ2n) is 9.10. The van der Waals surface area contributed by atoms with Crippen molar-refractivity contribution in [1.82, 2.24) is 25.5 Å². The highest BCUT2D eigenvalue weighted by molar-refractivity contribution is 6.41. The number of rotatable bonds is 8. The molecule has 3 aromatic carbocycles. The largest absolute Gasteiger partial charge is 0.464 e. The van der Waals surface area contributed by atoms with Crippen LogP contribution in [0.1, 0.15) is 49.1 Å². The molecule has 0 saturated carbocycles. The molecule has 0 aliphatic carbocycles. The van der Waals surface area contributed by atoms with Crippen molar-refractivity contribution in [2.24, 2.45) is 0 Å². The van der Waals surface area contributed by atoms with Crippen molar-refractivity contribution in [2.45, 2.75) is 26.3 Å². The van der Waals surface area contributed by atoms with E-state index in [-0.39, 0.29) is 28.6 Å². The Balaban J connectivity index is 1.37. The van der Waals surface area contributed by atoms with E-state index in [4.69, 9.17) is 27.9 Å². The number of aromatic nitrogens is 4. The number of carbonyl (C=O) groups is 4. The van der Waals surface area contributed by atoms with E-state index in [1.807, 2.05) is 0 Å². The van der Waals surface area contributed by atoms with Gasteiger partial charge in [-0.25, -0.2) is 9.69 Å². The Kier molecular flexibility index (Phi) is 7.82. The maximum atomic E-state index is 13.3. The van der Waals surface area contributed by atoms with E-state index in [0.29, 0.717) is 28.1 Å². The van der Waals surface area contributed by atoms with E-state index in [0.717, 1.165) is 10.5 Å². The van der Waals surface area contributed by atoms with Gasteiger partial charge in [0.2, 0.25) is 0 Å². The molecule has 0 bridgehead atoms. The Morgan fingerprint density at radius 1 is 1.02 bits per heavy atom. The standard InChI is InChI=1S/C28H22Cl2N6O5/c1-3-41-28(40)20(32-25(37)23-19(29)11-12-21(24(23)30)35-14-31-33-34-35)13-16-7-9-17(10-8-16)36-26(38)18-6-4-5-15(2)22(18)27(36)39/h4-12,14,20H,3,13H2,1-2H3,(H,32,37)/t20-/m0/s1. The van der Waals surface area contributed by atoms with Crippen LogP contribution in [-0.2, 0) is 16.0 Å². The molecule has 1 N–H and O–H groups in total. The van der Waals surface area contributed by atoms with Crippen molar-refractivity contribution < 1.29 is 23.9 Å². The summed E-state index contributed by atoms with van der Waals surface area (Å²) in [5.41, 5.74) is 2.73. The summed E-state index contributed by atoms with van der Waals surface area (Å²) in [6.07, 6.45) is 1.36. The van der Waals surface area contributed by atoms with Gasteiger partial charge in [0.25, 0.3) is 17.7 Å². The van der Waals surface area contributed by atoms with Crippen LogP contribution in [0.5, 0.6) is 0 Å². The fourth-order valence-corrected chi connectivity index (χ4v) is 5.20. The molecule has 1 aromatic heterocycles. The third kappa shape index (κ3) is 5.29. The molecular weight excluding hydrogens is 571 g/mol. The van der Waals surface area contributed by atoms with E-state index >= 15 is 0 Å². The fourth-order valence-electron chi connectivity index (χ4n) is 4.57. The van der Waals surface area contributed by atoms with Crippen LogP contribution in [0.2, 0.25) is 10.0 Å². The number of amides is 3. The lowest BCUT2D eigenvalue weighted by atomic mass is 10.0. The minimum absolute atomic E-state index is 0.00885. The van der Waals surface area contributed by atoms with Crippen LogP contribution in [-0.4, -0.2) is 56.5 Å². The highest BCUT2D eigenvalue weighted by Gasteiger charge is 2.37. The average Bonchev–Trinajstić information content (AvgIpc) is 3.56. The second kappa shape index (κ2) is 11.5. The Hall–Kier alpha value is -4.61. The lowest BCUT2D eigenvalue weighted by Crippen LogP contribution is -2.43. The normalized spacial score (nSPS) is 13.2. The first-order valence-electron chi connectivity index (χ1n) is 12.5. The zero-order valence-corrected chi connectivity index (χ0v) is 23.3. The van der Waals surface area contributed by atoms with Gasteiger partial charge < -0.3 is 10.1 Å². The summed E-state index contributed by atoms with van der Waals surface area (Å²) in [6.45, 7) is 3.53. The lowest BCUT2D eigenvalue weighted by molar-refractivity contribution is -0.145. The highest BCUT2D eigenvalue weighted by Crippen LogP contribution is 2.32. The van der Waals surface area contributed by atoms with Gasteiger partial charge in [0, 0.05) is 6.42 Å². The first-order valence-corrected chi connectivity index (χ1v) is 13.2. The zero-order valence-electron chi connectivity index (χ0n) is 21.8. The van der Waals surface area contributed by atoms with Crippen molar-refractivity contribution in [1.29, 1.82) is 0 Å². The fraction of sp³-hybridized carbons (Fsp3) is 0.179. The predicted octanol–water partition coefficient (Wildman–Crippen LogP) is 3.98. The lowest BCUT2D eigenvalue weighted by Gasteiger charge is -2.19. The molecule has 5 rings (SSSR count). The summed E-state index contributed by atoms with van der Waals surface area (Å²) >= 11 is 12.8. The number of imide groups is 1. The quantitative estimate of drug-likeness (QED) is 0.239. The van der Waals surface area contributed by atoms with Gasteiger partial charge in [-0.05, 0) is 65.7 Å². The van der Waals surface area contributed by atoms with Crippen molar-refractivity contribution in [2.75, 3.05) is 11.5 Å². The molecule has 13 heteroatoms. The van der Waals surface area contributed by atoms with Crippen molar-refractivity contribution in [3.05, 3.63) is 98.8 Å². The average molecular weight is 593 g/mol. The zero-order chi connectivity index (χ0) is 29.3. The van der Waals surface area contributed by atoms with Gasteiger partial charge in [-0.1, -0.05) is 47.5 Å². The van der Waals surface area contributed by atoms with E-state index in [1.165, 1.54) is 17.1 Å². The number of fused-ring (bicyclic) bond motifs is 1. The molecule has 1 aliphatic rings. The number of benzene rings is 3. The number of aryl methyl sites for hydroxylation is 1. The van der Waals surface area contributed by atoms with Gasteiger partial charge in [0.1, 0.15) is 12.4 Å². The number of nitrogens with one attached hydrogen (secondary N) is 1. The van der Waals surface area contributed by atoms with Crippen LogP contribution in [0.3, 0.4) is 0 Å². The van der Waals surface area contributed by atoms with Gasteiger partial charge in [0.05, 0.1) is 44.7 Å². The number of anilines is 1. The Morgan fingerprint density at radius 2 is 1.78 bits per heavy atom. The van der Waals surface area contributed by atoms with Gasteiger partial charge in [-0.15, -0.1) is 5.10 Å². The molecular formula is C28H22Cl2N6O5. The minimum atomic E-state index is -1.10. The van der Waals surface area contributed by atoms with E-state index in [1.54, 1.807) is 62.4 Å². The summed E-state index contributed by atoms with van der Waals surface area (Å²) in [5, 5.41) is 13.6. The summed E-state index contributed by atoms with van der Waals surface area (Å²) in [4.78, 5) is 53.2. The minimum Gasteiger partial charge on any atom is -0.464 e. The summed E-state index contributed by atoms with van der Waals surface area (Å²) in [5.74, 6) is -2.17. The second-order valence-corrected chi connectivity index (χ2v) is 9.89. The molecule has 208 valence electrons. The van der Waals surface area contributed by atoms with Crippen LogP contribution >= 0.6 is 23.2 Å². The molecule has 0 spiro atoms.